The number of hydrogen-bond donors (Lipinski definition) is 0. The molecule has 1 rings (SSSR count). The van der Waals surface area contributed by atoms with E-state index in [1.54, 1.807) is 7.11 Å². The molecule has 0 aliphatic heterocycles. The SMILES string of the molecule is COC[C@@H](Cn1cccc1)N=[N+]=[N-]. The van der Waals surface area contributed by atoms with Gasteiger partial charge in [0.1, 0.15) is 0 Å². The molecule has 13 heavy (non-hydrogen) atoms. The molecule has 1 aromatic rings. The summed E-state index contributed by atoms with van der Waals surface area (Å²) in [7, 11) is 1.59. The highest BCUT2D eigenvalue weighted by molar-refractivity contribution is 4.91. The molecule has 0 aliphatic rings. The van der Waals surface area contributed by atoms with E-state index < -0.39 is 0 Å². The minimum Gasteiger partial charge on any atom is -0.384 e. The van der Waals surface area contributed by atoms with E-state index in [-0.39, 0.29) is 6.04 Å². The van der Waals surface area contributed by atoms with Gasteiger partial charge in [0.25, 0.3) is 0 Å². The van der Waals surface area contributed by atoms with Crippen LogP contribution < -0.4 is 0 Å². The van der Waals surface area contributed by atoms with Gasteiger partial charge >= 0.3 is 0 Å². The molecule has 0 saturated heterocycles. The molecule has 1 aromatic heterocycles. The zero-order valence-corrected chi connectivity index (χ0v) is 7.50. The van der Waals surface area contributed by atoms with Crippen molar-refractivity contribution < 1.29 is 4.74 Å². The molecule has 5 heteroatoms. The third-order valence-electron chi connectivity index (χ3n) is 1.66. The van der Waals surface area contributed by atoms with Crippen molar-refractivity contribution in [3.63, 3.8) is 0 Å². The molecule has 0 fully saturated rings. The van der Waals surface area contributed by atoms with Crippen molar-refractivity contribution in [1.29, 1.82) is 0 Å². The molecular weight excluding hydrogens is 168 g/mol. The maximum atomic E-state index is 8.29. The Bertz CT molecular complexity index is 276. The van der Waals surface area contributed by atoms with E-state index in [1.165, 1.54) is 0 Å². The van der Waals surface area contributed by atoms with Gasteiger partial charge in [-0.2, -0.15) is 0 Å². The van der Waals surface area contributed by atoms with Gasteiger partial charge in [-0.25, -0.2) is 0 Å². The lowest BCUT2D eigenvalue weighted by Gasteiger charge is -2.10. The summed E-state index contributed by atoms with van der Waals surface area (Å²) in [6, 6.07) is 3.72. The summed E-state index contributed by atoms with van der Waals surface area (Å²) in [6.45, 7) is 1.10. The van der Waals surface area contributed by atoms with Crippen molar-refractivity contribution >= 4 is 0 Å². The standard InChI is InChI=1S/C8H12N4O/c1-13-7-8(10-11-9)6-12-4-2-3-5-12/h2-5,8H,6-7H2,1H3/t8-/m1/s1. The molecule has 0 aliphatic carbocycles. The van der Waals surface area contributed by atoms with Crippen LogP contribution in [-0.4, -0.2) is 24.3 Å². The highest BCUT2D eigenvalue weighted by Gasteiger charge is 2.05. The molecule has 0 bridgehead atoms. The quantitative estimate of drug-likeness (QED) is 0.387. The zero-order chi connectivity index (χ0) is 9.52. The first-order chi connectivity index (χ1) is 6.36. The van der Waals surface area contributed by atoms with Crippen LogP contribution in [0.2, 0.25) is 0 Å². The minimum atomic E-state index is -0.137. The molecule has 0 radical (unpaired) electrons. The van der Waals surface area contributed by atoms with Crippen molar-refractivity contribution in [2.45, 2.75) is 12.6 Å². The van der Waals surface area contributed by atoms with Crippen LogP contribution in [0.3, 0.4) is 0 Å². The molecule has 0 saturated carbocycles. The van der Waals surface area contributed by atoms with E-state index in [0.29, 0.717) is 13.2 Å². The first-order valence-electron chi connectivity index (χ1n) is 4.00. The number of methoxy groups -OCH3 is 1. The molecule has 0 amide bonds. The summed E-state index contributed by atoms with van der Waals surface area (Å²) in [5.41, 5.74) is 8.29. The molecule has 0 unspecified atom stereocenters. The Morgan fingerprint density at radius 2 is 2.23 bits per heavy atom. The Balaban J connectivity index is 2.52. The van der Waals surface area contributed by atoms with Gasteiger partial charge in [0.05, 0.1) is 12.6 Å². The molecule has 0 aromatic carbocycles. The largest absolute Gasteiger partial charge is 0.384 e. The third kappa shape index (κ3) is 3.19. The van der Waals surface area contributed by atoms with Gasteiger partial charge in [-0.1, -0.05) is 5.11 Å². The maximum absolute atomic E-state index is 8.29. The summed E-state index contributed by atoms with van der Waals surface area (Å²) >= 11 is 0. The lowest BCUT2D eigenvalue weighted by Crippen LogP contribution is -2.18. The highest BCUT2D eigenvalue weighted by Crippen LogP contribution is 1.99. The molecule has 1 atom stereocenters. The third-order valence-corrected chi connectivity index (χ3v) is 1.66. The average Bonchev–Trinajstić information content (AvgIpc) is 2.58. The topological polar surface area (TPSA) is 62.9 Å². The van der Waals surface area contributed by atoms with Crippen molar-refractivity contribution in [3.8, 4) is 0 Å². The summed E-state index contributed by atoms with van der Waals surface area (Å²) in [4.78, 5) is 2.77. The van der Waals surface area contributed by atoms with Crippen LogP contribution in [-0.2, 0) is 11.3 Å². The van der Waals surface area contributed by atoms with E-state index in [2.05, 4.69) is 10.0 Å². The van der Waals surface area contributed by atoms with E-state index in [9.17, 15) is 0 Å². The monoisotopic (exact) mass is 180 g/mol. The number of aromatic nitrogens is 1. The summed E-state index contributed by atoms with van der Waals surface area (Å²) in [5, 5.41) is 3.62. The summed E-state index contributed by atoms with van der Waals surface area (Å²) in [5.74, 6) is 0. The Kier molecular flexibility index (Phi) is 3.88. The van der Waals surface area contributed by atoms with Gasteiger partial charge < -0.3 is 9.30 Å². The van der Waals surface area contributed by atoms with Crippen molar-refractivity contribution in [1.82, 2.24) is 4.57 Å². The number of azide groups is 1. The Labute approximate surface area is 76.6 Å². The Morgan fingerprint density at radius 3 is 2.77 bits per heavy atom. The minimum absolute atomic E-state index is 0.137. The highest BCUT2D eigenvalue weighted by atomic mass is 16.5. The number of rotatable bonds is 5. The average molecular weight is 180 g/mol. The van der Waals surface area contributed by atoms with Gasteiger partial charge in [0.2, 0.25) is 0 Å². The fourth-order valence-electron chi connectivity index (χ4n) is 1.12. The van der Waals surface area contributed by atoms with Crippen molar-refractivity contribution in [3.05, 3.63) is 35.0 Å². The van der Waals surface area contributed by atoms with Crippen LogP contribution in [0.5, 0.6) is 0 Å². The second kappa shape index (κ2) is 5.24. The van der Waals surface area contributed by atoms with Gasteiger partial charge in [0.15, 0.2) is 0 Å². The van der Waals surface area contributed by atoms with Gasteiger partial charge in [0, 0.05) is 31.0 Å². The van der Waals surface area contributed by atoms with Crippen molar-refractivity contribution in [2.24, 2.45) is 5.11 Å². The molecule has 70 valence electrons. The normalized spacial score (nSPS) is 12.1. The smallest absolute Gasteiger partial charge is 0.0786 e. The first kappa shape index (κ1) is 9.64. The van der Waals surface area contributed by atoms with Gasteiger partial charge in [-0.3, -0.25) is 0 Å². The van der Waals surface area contributed by atoms with Crippen LogP contribution in [0.4, 0.5) is 0 Å². The Morgan fingerprint density at radius 1 is 1.54 bits per heavy atom. The zero-order valence-electron chi connectivity index (χ0n) is 7.50. The predicted molar refractivity (Wildman–Crippen MR) is 49.2 cm³/mol. The number of nitrogens with zero attached hydrogens (tertiary/aromatic N) is 4. The van der Waals surface area contributed by atoms with Crippen LogP contribution in [0.25, 0.3) is 10.4 Å². The lowest BCUT2D eigenvalue weighted by molar-refractivity contribution is 0.174. The van der Waals surface area contributed by atoms with E-state index in [0.717, 1.165) is 0 Å². The summed E-state index contributed by atoms with van der Waals surface area (Å²) in [6.07, 6.45) is 3.85. The summed E-state index contributed by atoms with van der Waals surface area (Å²) < 4.78 is 6.88. The van der Waals surface area contributed by atoms with Crippen molar-refractivity contribution in [2.75, 3.05) is 13.7 Å². The Hall–Kier alpha value is -1.45. The van der Waals surface area contributed by atoms with E-state index in [1.807, 2.05) is 29.1 Å². The van der Waals surface area contributed by atoms with Crippen LogP contribution in [0.1, 0.15) is 0 Å². The number of ether oxygens (including phenoxy) is 1. The number of hydrogen-bond acceptors (Lipinski definition) is 2. The second-order valence-corrected chi connectivity index (χ2v) is 2.69. The molecule has 1 heterocycles. The fraction of sp³-hybridized carbons (Fsp3) is 0.500. The lowest BCUT2D eigenvalue weighted by atomic mass is 10.3. The molecule has 0 N–H and O–H groups in total. The maximum Gasteiger partial charge on any atom is 0.0786 e. The molecular formula is C8H12N4O. The second-order valence-electron chi connectivity index (χ2n) is 2.69. The van der Waals surface area contributed by atoms with Gasteiger partial charge in [-0.15, -0.1) is 0 Å². The van der Waals surface area contributed by atoms with Crippen LogP contribution in [0.15, 0.2) is 29.6 Å². The van der Waals surface area contributed by atoms with Crippen LogP contribution in [0, 0.1) is 0 Å². The van der Waals surface area contributed by atoms with E-state index in [4.69, 9.17) is 10.3 Å². The molecule has 5 nitrogen and oxygen atoms in total. The first-order valence-corrected chi connectivity index (χ1v) is 4.00. The predicted octanol–water partition coefficient (Wildman–Crippen LogP) is 1.81. The fourth-order valence-corrected chi connectivity index (χ4v) is 1.12. The van der Waals surface area contributed by atoms with Crippen LogP contribution >= 0.6 is 0 Å². The van der Waals surface area contributed by atoms with Gasteiger partial charge in [-0.05, 0) is 17.7 Å². The molecule has 0 spiro atoms. The van der Waals surface area contributed by atoms with E-state index >= 15 is 0 Å².